The zero-order chi connectivity index (χ0) is 13.8. The van der Waals surface area contributed by atoms with Gasteiger partial charge in [0.15, 0.2) is 5.82 Å². The summed E-state index contributed by atoms with van der Waals surface area (Å²) in [4.78, 5) is 11.4. The molecule has 0 bridgehead atoms. The Morgan fingerprint density at radius 1 is 1.17 bits per heavy atom. The highest BCUT2D eigenvalue weighted by atomic mass is 16.2. The monoisotopic (exact) mass is 251 g/mol. The number of carbonyl (C=O) groups excluding carboxylic acids is 1. The van der Waals surface area contributed by atoms with Crippen LogP contribution in [0.25, 0.3) is 0 Å². The van der Waals surface area contributed by atoms with E-state index in [4.69, 9.17) is 0 Å². The molecule has 1 rings (SSSR count). The molecule has 0 atom stereocenters. The Kier molecular flexibility index (Phi) is 4.47. The second-order valence-corrected chi connectivity index (χ2v) is 5.43. The van der Waals surface area contributed by atoms with Crippen molar-refractivity contribution in [3.05, 3.63) is 12.1 Å². The topological polar surface area (TPSA) is 78.9 Å². The molecular weight excluding hydrogens is 230 g/mol. The van der Waals surface area contributed by atoms with E-state index in [0.717, 1.165) is 0 Å². The Bertz CT molecular complexity index is 394. The Morgan fingerprint density at radius 2 is 1.72 bits per heavy atom. The van der Waals surface area contributed by atoms with Gasteiger partial charge in [-0.05, 0) is 46.8 Å². The van der Waals surface area contributed by atoms with Crippen LogP contribution in [0.15, 0.2) is 12.1 Å². The zero-order valence-electron chi connectivity index (χ0n) is 11.5. The lowest BCUT2D eigenvalue weighted by Gasteiger charge is -2.20. The van der Waals surface area contributed by atoms with Crippen molar-refractivity contribution in [3.8, 4) is 0 Å². The fourth-order valence-electron chi connectivity index (χ4n) is 1.26. The Labute approximate surface area is 108 Å². The minimum Gasteiger partial charge on any atom is -0.364 e. The Hall–Kier alpha value is -1.85. The molecule has 0 unspecified atom stereocenters. The molecule has 6 nitrogen and oxygen atoms in total. The second-order valence-electron chi connectivity index (χ2n) is 5.43. The Balaban J connectivity index is 2.58. The molecule has 0 radical (unpaired) electrons. The molecule has 2 amide bonds. The van der Waals surface area contributed by atoms with Crippen molar-refractivity contribution in [1.82, 2.24) is 15.5 Å². The molecule has 0 aliphatic rings. The van der Waals surface area contributed by atoms with Gasteiger partial charge in [-0.3, -0.25) is 5.32 Å². The van der Waals surface area contributed by atoms with E-state index in [-0.39, 0.29) is 17.6 Å². The first kappa shape index (κ1) is 14.2. The highest BCUT2D eigenvalue weighted by molar-refractivity contribution is 5.88. The van der Waals surface area contributed by atoms with Gasteiger partial charge < -0.3 is 10.6 Å². The predicted molar refractivity (Wildman–Crippen MR) is 72.7 cm³/mol. The van der Waals surface area contributed by atoms with E-state index in [1.807, 2.05) is 34.6 Å². The van der Waals surface area contributed by atoms with Crippen molar-refractivity contribution in [2.75, 3.05) is 10.6 Å². The molecule has 100 valence electrons. The van der Waals surface area contributed by atoms with Crippen LogP contribution in [0, 0.1) is 0 Å². The van der Waals surface area contributed by atoms with Crippen molar-refractivity contribution >= 4 is 17.7 Å². The van der Waals surface area contributed by atoms with Crippen LogP contribution < -0.4 is 16.0 Å². The summed E-state index contributed by atoms with van der Waals surface area (Å²) in [6, 6.07) is 3.29. The minimum absolute atomic E-state index is 0.0708. The number of urea groups is 1. The van der Waals surface area contributed by atoms with Gasteiger partial charge in [0.05, 0.1) is 0 Å². The molecule has 3 N–H and O–H groups in total. The smallest absolute Gasteiger partial charge is 0.320 e. The van der Waals surface area contributed by atoms with Gasteiger partial charge in [-0.25, -0.2) is 4.79 Å². The SMILES string of the molecule is CC(C)NC(=O)Nc1ccc(NC(C)(C)C)nn1. The first-order chi connectivity index (χ1) is 8.26. The maximum absolute atomic E-state index is 11.4. The van der Waals surface area contributed by atoms with Gasteiger partial charge in [-0.2, -0.15) is 0 Å². The Morgan fingerprint density at radius 3 is 2.17 bits per heavy atom. The zero-order valence-corrected chi connectivity index (χ0v) is 11.5. The number of nitrogens with zero attached hydrogens (tertiary/aromatic N) is 2. The van der Waals surface area contributed by atoms with Crippen molar-refractivity contribution in [3.63, 3.8) is 0 Å². The van der Waals surface area contributed by atoms with E-state index in [9.17, 15) is 4.79 Å². The lowest BCUT2D eigenvalue weighted by atomic mass is 10.1. The van der Waals surface area contributed by atoms with Gasteiger partial charge >= 0.3 is 6.03 Å². The van der Waals surface area contributed by atoms with Gasteiger partial charge in [0.2, 0.25) is 0 Å². The molecule has 18 heavy (non-hydrogen) atoms. The molecule has 0 fully saturated rings. The van der Waals surface area contributed by atoms with Crippen LogP contribution in [0.2, 0.25) is 0 Å². The lowest BCUT2D eigenvalue weighted by Crippen LogP contribution is -2.34. The fourth-order valence-corrected chi connectivity index (χ4v) is 1.26. The third-order valence-electron chi connectivity index (χ3n) is 1.83. The van der Waals surface area contributed by atoms with Gasteiger partial charge in [-0.15, -0.1) is 10.2 Å². The van der Waals surface area contributed by atoms with Crippen LogP contribution in [-0.2, 0) is 0 Å². The molecular formula is C12H21N5O. The molecule has 0 aliphatic carbocycles. The van der Waals surface area contributed by atoms with E-state index < -0.39 is 0 Å². The van der Waals surface area contributed by atoms with Crippen molar-refractivity contribution < 1.29 is 4.79 Å². The second kappa shape index (κ2) is 5.66. The van der Waals surface area contributed by atoms with Gasteiger partial charge in [0, 0.05) is 11.6 Å². The largest absolute Gasteiger partial charge is 0.364 e. The molecule has 6 heteroatoms. The van der Waals surface area contributed by atoms with E-state index in [1.54, 1.807) is 12.1 Å². The summed E-state index contributed by atoms with van der Waals surface area (Å²) in [5.74, 6) is 1.10. The molecule has 1 heterocycles. The molecule has 0 saturated carbocycles. The molecule has 1 aromatic heterocycles. The summed E-state index contributed by atoms with van der Waals surface area (Å²) in [6.45, 7) is 9.90. The summed E-state index contributed by atoms with van der Waals surface area (Å²) in [6.07, 6.45) is 0. The van der Waals surface area contributed by atoms with Crippen molar-refractivity contribution in [2.45, 2.75) is 46.2 Å². The number of hydrogen-bond donors (Lipinski definition) is 3. The highest BCUT2D eigenvalue weighted by Gasteiger charge is 2.10. The van der Waals surface area contributed by atoms with Gasteiger partial charge in [-0.1, -0.05) is 0 Å². The standard InChI is InChI=1S/C12H21N5O/c1-8(2)13-11(18)14-9-6-7-10(17-16-9)15-12(3,4)5/h6-8H,1-5H3,(H,15,17)(H2,13,14,16,18). The van der Waals surface area contributed by atoms with Gasteiger partial charge in [0.25, 0.3) is 0 Å². The van der Waals surface area contributed by atoms with Crippen molar-refractivity contribution in [1.29, 1.82) is 0 Å². The maximum atomic E-state index is 11.4. The van der Waals surface area contributed by atoms with E-state index in [0.29, 0.717) is 11.6 Å². The third kappa shape index (κ3) is 5.47. The predicted octanol–water partition coefficient (Wildman–Crippen LogP) is 2.22. The van der Waals surface area contributed by atoms with Crippen LogP contribution >= 0.6 is 0 Å². The third-order valence-corrected chi connectivity index (χ3v) is 1.83. The van der Waals surface area contributed by atoms with E-state index in [1.165, 1.54) is 0 Å². The maximum Gasteiger partial charge on any atom is 0.320 e. The normalized spacial score (nSPS) is 11.2. The lowest BCUT2D eigenvalue weighted by molar-refractivity contribution is 0.250. The number of aromatic nitrogens is 2. The van der Waals surface area contributed by atoms with Gasteiger partial charge in [0.1, 0.15) is 5.82 Å². The average molecular weight is 251 g/mol. The summed E-state index contributed by atoms with van der Waals surface area (Å²) >= 11 is 0. The van der Waals surface area contributed by atoms with E-state index in [2.05, 4.69) is 26.1 Å². The molecule has 0 aromatic carbocycles. The highest BCUT2D eigenvalue weighted by Crippen LogP contribution is 2.12. The van der Waals surface area contributed by atoms with Crippen LogP contribution in [0.3, 0.4) is 0 Å². The summed E-state index contributed by atoms with van der Waals surface area (Å²) in [5.41, 5.74) is -0.0708. The number of rotatable bonds is 3. The van der Waals surface area contributed by atoms with Crippen molar-refractivity contribution in [2.24, 2.45) is 0 Å². The number of carbonyl (C=O) groups is 1. The molecule has 0 spiro atoms. The molecule has 1 aromatic rings. The first-order valence-corrected chi connectivity index (χ1v) is 5.96. The number of hydrogen-bond acceptors (Lipinski definition) is 4. The molecule has 0 saturated heterocycles. The summed E-state index contributed by atoms with van der Waals surface area (Å²) in [5, 5.41) is 16.4. The molecule has 0 aliphatic heterocycles. The number of nitrogens with one attached hydrogen (secondary N) is 3. The minimum atomic E-state index is -0.282. The number of amides is 2. The number of anilines is 2. The average Bonchev–Trinajstić information content (AvgIpc) is 2.17. The summed E-state index contributed by atoms with van der Waals surface area (Å²) < 4.78 is 0. The quantitative estimate of drug-likeness (QED) is 0.769. The van der Waals surface area contributed by atoms with Crippen LogP contribution in [-0.4, -0.2) is 27.8 Å². The van der Waals surface area contributed by atoms with Crippen LogP contribution in [0.5, 0.6) is 0 Å². The first-order valence-electron chi connectivity index (χ1n) is 5.96. The van der Waals surface area contributed by atoms with Crippen LogP contribution in [0.4, 0.5) is 16.4 Å². The van der Waals surface area contributed by atoms with Crippen LogP contribution in [0.1, 0.15) is 34.6 Å². The van der Waals surface area contributed by atoms with E-state index >= 15 is 0 Å². The summed E-state index contributed by atoms with van der Waals surface area (Å²) in [7, 11) is 0. The fraction of sp³-hybridized carbons (Fsp3) is 0.583.